The number of nitrogens with two attached hydrogens (primary N) is 1. The summed E-state index contributed by atoms with van der Waals surface area (Å²) < 4.78 is 0. The van der Waals surface area contributed by atoms with E-state index in [-0.39, 0.29) is 5.91 Å². The van der Waals surface area contributed by atoms with Gasteiger partial charge in [-0.25, -0.2) is 0 Å². The molecule has 0 atom stereocenters. The second kappa shape index (κ2) is 5.21. The second-order valence-electron chi connectivity index (χ2n) is 5.55. The first-order valence-electron chi connectivity index (χ1n) is 7.13. The van der Waals surface area contributed by atoms with E-state index in [2.05, 4.69) is 10.3 Å². The smallest absolute Gasteiger partial charge is 0.244 e. The van der Waals surface area contributed by atoms with Gasteiger partial charge in [0.2, 0.25) is 5.91 Å². The lowest BCUT2D eigenvalue weighted by molar-refractivity contribution is -0.122. The molecule has 3 rings (SSSR count). The Bertz CT molecular complexity index is 627. The van der Waals surface area contributed by atoms with Crippen LogP contribution < -0.4 is 11.1 Å². The molecule has 104 valence electrons. The molecular formula is C16H19N3O. The molecule has 0 aliphatic heterocycles. The van der Waals surface area contributed by atoms with Crippen molar-refractivity contribution in [1.29, 1.82) is 0 Å². The fourth-order valence-electron chi connectivity index (χ4n) is 2.86. The Kier molecular flexibility index (Phi) is 3.40. The Morgan fingerprint density at radius 3 is 2.70 bits per heavy atom. The van der Waals surface area contributed by atoms with Crippen molar-refractivity contribution in [2.75, 3.05) is 5.32 Å². The Morgan fingerprint density at radius 1 is 1.15 bits per heavy atom. The summed E-state index contributed by atoms with van der Waals surface area (Å²) in [6.07, 6.45) is 6.47. The Hall–Kier alpha value is -1.94. The molecule has 1 amide bonds. The normalized spacial score (nSPS) is 17.9. The van der Waals surface area contributed by atoms with Crippen LogP contribution >= 0.6 is 0 Å². The molecule has 0 unspecified atom stereocenters. The molecule has 1 heterocycles. The van der Waals surface area contributed by atoms with Gasteiger partial charge in [0, 0.05) is 11.6 Å². The monoisotopic (exact) mass is 269 g/mol. The number of fused-ring (bicyclic) bond motifs is 1. The molecule has 1 aromatic carbocycles. The molecule has 0 spiro atoms. The lowest BCUT2D eigenvalue weighted by atomic mass is 9.82. The third-order valence-electron chi connectivity index (χ3n) is 4.08. The van der Waals surface area contributed by atoms with Gasteiger partial charge in [0.05, 0.1) is 16.7 Å². The molecule has 0 bridgehead atoms. The molecule has 4 nitrogen and oxygen atoms in total. The maximum Gasteiger partial charge on any atom is 0.244 e. The number of anilines is 1. The van der Waals surface area contributed by atoms with Gasteiger partial charge in [0.15, 0.2) is 0 Å². The van der Waals surface area contributed by atoms with E-state index in [1.165, 1.54) is 6.42 Å². The van der Waals surface area contributed by atoms with Gasteiger partial charge < -0.3 is 11.1 Å². The van der Waals surface area contributed by atoms with Gasteiger partial charge in [-0.2, -0.15) is 0 Å². The summed E-state index contributed by atoms with van der Waals surface area (Å²) in [4.78, 5) is 16.8. The summed E-state index contributed by atoms with van der Waals surface area (Å²) in [7, 11) is 0. The maximum atomic E-state index is 12.5. The van der Waals surface area contributed by atoms with E-state index >= 15 is 0 Å². The van der Waals surface area contributed by atoms with E-state index in [9.17, 15) is 4.79 Å². The first-order valence-corrected chi connectivity index (χ1v) is 7.13. The second-order valence-corrected chi connectivity index (χ2v) is 5.55. The summed E-state index contributed by atoms with van der Waals surface area (Å²) >= 11 is 0. The Morgan fingerprint density at radius 2 is 1.90 bits per heavy atom. The van der Waals surface area contributed by atoms with Gasteiger partial charge in [-0.15, -0.1) is 0 Å². The quantitative estimate of drug-likeness (QED) is 0.881. The minimum absolute atomic E-state index is 0.0876. The van der Waals surface area contributed by atoms with Crippen LogP contribution in [0.25, 0.3) is 10.9 Å². The molecule has 0 radical (unpaired) electrons. The van der Waals surface area contributed by atoms with Gasteiger partial charge in [0.1, 0.15) is 0 Å². The number of pyridine rings is 1. The summed E-state index contributed by atoms with van der Waals surface area (Å²) in [6, 6.07) is 9.65. The fraction of sp³-hybridized carbons (Fsp3) is 0.375. The van der Waals surface area contributed by atoms with Crippen molar-refractivity contribution in [3.05, 3.63) is 36.5 Å². The lowest BCUT2D eigenvalue weighted by Crippen LogP contribution is -2.52. The van der Waals surface area contributed by atoms with Gasteiger partial charge >= 0.3 is 0 Å². The van der Waals surface area contributed by atoms with E-state index in [0.717, 1.165) is 42.3 Å². The zero-order valence-electron chi connectivity index (χ0n) is 11.4. The van der Waals surface area contributed by atoms with Crippen LogP contribution in [0.1, 0.15) is 32.1 Å². The molecule has 4 heteroatoms. The highest BCUT2D eigenvalue weighted by Gasteiger charge is 2.35. The number of benzene rings is 1. The SMILES string of the molecule is NC1(C(=O)Nc2cccc3cccnc23)CCCCC1. The molecule has 20 heavy (non-hydrogen) atoms. The number of nitrogens with zero attached hydrogens (tertiary/aromatic N) is 1. The standard InChI is InChI=1S/C16H19N3O/c17-16(9-2-1-3-10-16)15(20)19-13-8-4-6-12-7-5-11-18-14(12)13/h4-8,11H,1-3,9-10,17H2,(H,19,20). The van der Waals surface area contributed by atoms with Crippen LogP contribution in [-0.2, 0) is 4.79 Å². The number of aromatic nitrogens is 1. The van der Waals surface area contributed by atoms with E-state index in [1.807, 2.05) is 30.3 Å². The van der Waals surface area contributed by atoms with Crippen LogP contribution in [0.5, 0.6) is 0 Å². The lowest BCUT2D eigenvalue weighted by Gasteiger charge is -2.31. The zero-order chi connectivity index (χ0) is 14.0. The third kappa shape index (κ3) is 2.39. The average Bonchev–Trinajstić information content (AvgIpc) is 2.48. The third-order valence-corrected chi connectivity index (χ3v) is 4.08. The van der Waals surface area contributed by atoms with Crippen molar-refractivity contribution >= 4 is 22.5 Å². The van der Waals surface area contributed by atoms with Crippen LogP contribution in [0.15, 0.2) is 36.5 Å². The molecule has 1 aliphatic rings. The number of para-hydroxylation sites is 1. The predicted octanol–water partition coefficient (Wildman–Crippen LogP) is 2.83. The van der Waals surface area contributed by atoms with Gasteiger partial charge in [0.25, 0.3) is 0 Å². The molecule has 0 saturated heterocycles. The molecule has 1 fully saturated rings. The molecule has 1 saturated carbocycles. The van der Waals surface area contributed by atoms with Crippen molar-refractivity contribution in [1.82, 2.24) is 4.98 Å². The van der Waals surface area contributed by atoms with Crippen molar-refractivity contribution in [3.8, 4) is 0 Å². The van der Waals surface area contributed by atoms with E-state index in [1.54, 1.807) is 6.20 Å². The average molecular weight is 269 g/mol. The van der Waals surface area contributed by atoms with Gasteiger partial charge in [-0.05, 0) is 25.0 Å². The van der Waals surface area contributed by atoms with E-state index < -0.39 is 5.54 Å². The molecule has 1 aromatic heterocycles. The molecule has 2 aromatic rings. The van der Waals surface area contributed by atoms with Gasteiger partial charge in [-0.1, -0.05) is 37.5 Å². The van der Waals surface area contributed by atoms with E-state index in [0.29, 0.717) is 0 Å². The molecular weight excluding hydrogens is 250 g/mol. The van der Waals surface area contributed by atoms with E-state index in [4.69, 9.17) is 5.73 Å². The van der Waals surface area contributed by atoms with Crippen molar-refractivity contribution < 1.29 is 4.79 Å². The van der Waals surface area contributed by atoms with Crippen LogP contribution in [-0.4, -0.2) is 16.4 Å². The predicted molar refractivity (Wildman–Crippen MR) is 80.4 cm³/mol. The Balaban J connectivity index is 1.87. The summed E-state index contributed by atoms with van der Waals surface area (Å²) in [5.41, 5.74) is 7.08. The fourth-order valence-corrected chi connectivity index (χ4v) is 2.86. The van der Waals surface area contributed by atoms with Gasteiger partial charge in [-0.3, -0.25) is 9.78 Å². The van der Waals surface area contributed by atoms with Crippen LogP contribution in [0.3, 0.4) is 0 Å². The summed E-state index contributed by atoms with van der Waals surface area (Å²) in [5, 5.41) is 3.98. The molecule has 3 N–H and O–H groups in total. The van der Waals surface area contributed by atoms with Crippen molar-refractivity contribution in [3.63, 3.8) is 0 Å². The largest absolute Gasteiger partial charge is 0.323 e. The Labute approximate surface area is 118 Å². The van der Waals surface area contributed by atoms with Crippen LogP contribution in [0.2, 0.25) is 0 Å². The number of hydrogen-bond donors (Lipinski definition) is 2. The van der Waals surface area contributed by atoms with Crippen LogP contribution in [0.4, 0.5) is 5.69 Å². The van der Waals surface area contributed by atoms with Crippen LogP contribution in [0, 0.1) is 0 Å². The number of carbonyl (C=O) groups is 1. The van der Waals surface area contributed by atoms with Crippen molar-refractivity contribution in [2.45, 2.75) is 37.6 Å². The number of hydrogen-bond acceptors (Lipinski definition) is 3. The zero-order valence-corrected chi connectivity index (χ0v) is 11.4. The van der Waals surface area contributed by atoms with Crippen molar-refractivity contribution in [2.24, 2.45) is 5.73 Å². The highest BCUT2D eigenvalue weighted by atomic mass is 16.2. The maximum absolute atomic E-state index is 12.5. The molecule has 1 aliphatic carbocycles. The first-order chi connectivity index (χ1) is 9.69. The minimum Gasteiger partial charge on any atom is -0.323 e. The summed E-state index contributed by atoms with van der Waals surface area (Å²) in [5.74, 6) is -0.0876. The number of nitrogens with one attached hydrogen (secondary N) is 1. The number of amides is 1. The minimum atomic E-state index is -0.727. The highest BCUT2D eigenvalue weighted by molar-refractivity contribution is 6.04. The first kappa shape index (κ1) is 13.1. The number of rotatable bonds is 2. The topological polar surface area (TPSA) is 68.0 Å². The summed E-state index contributed by atoms with van der Waals surface area (Å²) in [6.45, 7) is 0. The highest BCUT2D eigenvalue weighted by Crippen LogP contribution is 2.28. The number of carbonyl (C=O) groups excluding carboxylic acids is 1.